The van der Waals surface area contributed by atoms with Gasteiger partial charge >= 0.3 is 0 Å². The largest absolute Gasteiger partial charge is 0.378 e. The van der Waals surface area contributed by atoms with Crippen LogP contribution < -0.4 is 0 Å². The zero-order chi connectivity index (χ0) is 15.5. The molecule has 1 aliphatic heterocycles. The molecule has 2 aromatic rings. The Balaban J connectivity index is 1.76. The van der Waals surface area contributed by atoms with Crippen molar-refractivity contribution in [3.05, 3.63) is 30.0 Å². The third-order valence-corrected chi connectivity index (χ3v) is 4.83. The maximum absolute atomic E-state index is 12.5. The van der Waals surface area contributed by atoms with Crippen LogP contribution in [0.2, 0.25) is 0 Å². The van der Waals surface area contributed by atoms with Gasteiger partial charge in [-0.25, -0.2) is 9.97 Å². The van der Waals surface area contributed by atoms with E-state index in [0.29, 0.717) is 26.3 Å². The number of aromatic nitrogens is 2. The van der Waals surface area contributed by atoms with Crippen molar-refractivity contribution in [2.75, 3.05) is 26.3 Å². The minimum Gasteiger partial charge on any atom is -0.378 e. The van der Waals surface area contributed by atoms with Crippen LogP contribution in [0.1, 0.15) is 12.6 Å². The normalized spacial score (nSPS) is 16.7. The Labute approximate surface area is 134 Å². The van der Waals surface area contributed by atoms with Crippen molar-refractivity contribution in [3.8, 4) is 0 Å². The molecule has 22 heavy (non-hydrogen) atoms. The lowest BCUT2D eigenvalue weighted by Crippen LogP contribution is -2.44. The van der Waals surface area contributed by atoms with Crippen molar-refractivity contribution < 1.29 is 9.53 Å². The van der Waals surface area contributed by atoms with Crippen molar-refractivity contribution >= 4 is 28.7 Å². The molecule has 1 atom stereocenters. The van der Waals surface area contributed by atoms with Gasteiger partial charge in [-0.2, -0.15) is 0 Å². The summed E-state index contributed by atoms with van der Waals surface area (Å²) in [6, 6.07) is 7.79. The molecule has 2 heterocycles. The van der Waals surface area contributed by atoms with Gasteiger partial charge in [-0.05, 0) is 26.0 Å². The Hall–Kier alpha value is -1.66. The molecule has 1 amide bonds. The Kier molecular flexibility index (Phi) is 4.59. The van der Waals surface area contributed by atoms with Gasteiger partial charge in [0.2, 0.25) is 5.91 Å². The van der Waals surface area contributed by atoms with Gasteiger partial charge in [-0.15, -0.1) is 0 Å². The molecule has 116 valence electrons. The zero-order valence-corrected chi connectivity index (χ0v) is 13.6. The Morgan fingerprint density at radius 1 is 1.23 bits per heavy atom. The summed E-state index contributed by atoms with van der Waals surface area (Å²) in [4.78, 5) is 23.6. The molecule has 1 aromatic heterocycles. The fraction of sp³-hybridized carbons (Fsp3) is 0.438. The van der Waals surface area contributed by atoms with Gasteiger partial charge in [0.15, 0.2) is 0 Å². The third kappa shape index (κ3) is 3.23. The summed E-state index contributed by atoms with van der Waals surface area (Å²) in [5, 5.41) is 0.653. The molecule has 0 saturated carbocycles. The second-order valence-corrected chi connectivity index (χ2v) is 6.63. The highest BCUT2D eigenvalue weighted by Crippen LogP contribution is 2.27. The molecule has 1 aliphatic rings. The van der Waals surface area contributed by atoms with Crippen LogP contribution in [-0.2, 0) is 9.53 Å². The van der Waals surface area contributed by atoms with E-state index in [-0.39, 0.29) is 11.2 Å². The van der Waals surface area contributed by atoms with E-state index in [1.165, 1.54) is 11.8 Å². The molecule has 0 bridgehead atoms. The van der Waals surface area contributed by atoms with Crippen molar-refractivity contribution in [2.45, 2.75) is 24.1 Å². The van der Waals surface area contributed by atoms with Gasteiger partial charge in [0, 0.05) is 13.1 Å². The van der Waals surface area contributed by atoms with Gasteiger partial charge in [0.1, 0.15) is 5.03 Å². The number of nitrogens with zero attached hydrogens (tertiary/aromatic N) is 3. The predicted molar refractivity (Wildman–Crippen MR) is 87.0 cm³/mol. The van der Waals surface area contributed by atoms with Crippen LogP contribution in [0.4, 0.5) is 0 Å². The van der Waals surface area contributed by atoms with Crippen LogP contribution in [0.15, 0.2) is 29.3 Å². The predicted octanol–water partition coefficient (Wildman–Crippen LogP) is 2.28. The standard InChI is InChI=1S/C16H19N3O2S/c1-11-15(18-14-6-4-3-5-13(14)17-11)22-12(2)16(20)19-7-9-21-10-8-19/h3-6,12H,7-10H2,1-2H3/t12-/m0/s1. The van der Waals surface area contributed by atoms with E-state index in [2.05, 4.69) is 9.97 Å². The second-order valence-electron chi connectivity index (χ2n) is 5.30. The number of hydrogen-bond acceptors (Lipinski definition) is 5. The number of ether oxygens (including phenoxy) is 1. The number of carbonyl (C=O) groups excluding carboxylic acids is 1. The number of hydrogen-bond donors (Lipinski definition) is 0. The molecule has 1 aromatic carbocycles. The molecule has 3 rings (SSSR count). The van der Waals surface area contributed by atoms with E-state index < -0.39 is 0 Å². The topological polar surface area (TPSA) is 55.3 Å². The number of thioether (sulfide) groups is 1. The monoisotopic (exact) mass is 317 g/mol. The summed E-state index contributed by atoms with van der Waals surface area (Å²) >= 11 is 1.48. The maximum atomic E-state index is 12.5. The Morgan fingerprint density at radius 2 is 1.86 bits per heavy atom. The van der Waals surface area contributed by atoms with E-state index in [0.717, 1.165) is 21.8 Å². The highest BCUT2D eigenvalue weighted by molar-refractivity contribution is 8.00. The number of amides is 1. The zero-order valence-electron chi connectivity index (χ0n) is 12.8. The van der Waals surface area contributed by atoms with Gasteiger partial charge in [-0.3, -0.25) is 4.79 Å². The van der Waals surface area contributed by atoms with Crippen molar-refractivity contribution in [3.63, 3.8) is 0 Å². The highest BCUT2D eigenvalue weighted by Gasteiger charge is 2.24. The first-order valence-corrected chi connectivity index (χ1v) is 8.29. The SMILES string of the molecule is Cc1nc2ccccc2nc1S[C@@H](C)C(=O)N1CCOCC1. The van der Waals surface area contributed by atoms with E-state index in [1.54, 1.807) is 0 Å². The molecular weight excluding hydrogens is 298 g/mol. The first-order valence-electron chi connectivity index (χ1n) is 7.42. The molecule has 6 heteroatoms. The summed E-state index contributed by atoms with van der Waals surface area (Å²) in [6.45, 7) is 6.46. The van der Waals surface area contributed by atoms with Crippen molar-refractivity contribution in [1.82, 2.24) is 14.9 Å². The van der Waals surface area contributed by atoms with E-state index in [9.17, 15) is 4.79 Å². The lowest BCUT2D eigenvalue weighted by molar-refractivity contribution is -0.134. The quantitative estimate of drug-likeness (QED) is 0.813. The lowest BCUT2D eigenvalue weighted by Gasteiger charge is -2.29. The fourth-order valence-corrected chi connectivity index (χ4v) is 3.39. The van der Waals surface area contributed by atoms with Crippen LogP contribution in [-0.4, -0.2) is 52.3 Å². The van der Waals surface area contributed by atoms with Crippen LogP contribution in [0, 0.1) is 6.92 Å². The summed E-state index contributed by atoms with van der Waals surface area (Å²) in [5.74, 6) is 0.141. The van der Waals surface area contributed by atoms with Crippen LogP contribution >= 0.6 is 11.8 Å². The van der Waals surface area contributed by atoms with Gasteiger partial charge in [0.05, 0.1) is 35.2 Å². The summed E-state index contributed by atoms with van der Waals surface area (Å²) in [5.41, 5.74) is 2.61. The van der Waals surface area contributed by atoms with Crippen LogP contribution in [0.3, 0.4) is 0 Å². The number of para-hydroxylation sites is 2. The number of benzene rings is 1. The molecule has 0 spiro atoms. The van der Waals surface area contributed by atoms with E-state index in [4.69, 9.17) is 4.74 Å². The second kappa shape index (κ2) is 6.62. The summed E-state index contributed by atoms with van der Waals surface area (Å²) < 4.78 is 5.29. The summed E-state index contributed by atoms with van der Waals surface area (Å²) in [7, 11) is 0. The lowest BCUT2D eigenvalue weighted by atomic mass is 10.3. The minimum absolute atomic E-state index is 0.141. The van der Waals surface area contributed by atoms with Crippen LogP contribution in [0.5, 0.6) is 0 Å². The highest BCUT2D eigenvalue weighted by atomic mass is 32.2. The number of aryl methyl sites for hydroxylation is 1. The number of fused-ring (bicyclic) bond motifs is 1. The van der Waals surface area contributed by atoms with Gasteiger partial charge in [0.25, 0.3) is 0 Å². The molecule has 0 unspecified atom stereocenters. The number of carbonyl (C=O) groups is 1. The van der Waals surface area contributed by atoms with Gasteiger partial charge < -0.3 is 9.64 Å². The third-order valence-electron chi connectivity index (χ3n) is 3.66. The van der Waals surface area contributed by atoms with E-state index >= 15 is 0 Å². The Morgan fingerprint density at radius 3 is 2.55 bits per heavy atom. The average Bonchev–Trinajstić information content (AvgIpc) is 2.55. The Bertz CT molecular complexity index is 686. The first-order chi connectivity index (χ1) is 10.6. The maximum Gasteiger partial charge on any atom is 0.235 e. The number of rotatable bonds is 3. The molecule has 5 nitrogen and oxygen atoms in total. The summed E-state index contributed by atoms with van der Waals surface area (Å²) in [6.07, 6.45) is 0. The molecule has 0 radical (unpaired) electrons. The molecule has 1 saturated heterocycles. The minimum atomic E-state index is -0.174. The number of morpholine rings is 1. The van der Waals surface area contributed by atoms with Crippen LogP contribution in [0.25, 0.3) is 11.0 Å². The average molecular weight is 317 g/mol. The fourth-order valence-electron chi connectivity index (χ4n) is 2.44. The molecule has 0 N–H and O–H groups in total. The van der Waals surface area contributed by atoms with E-state index in [1.807, 2.05) is 43.0 Å². The smallest absolute Gasteiger partial charge is 0.235 e. The molecular formula is C16H19N3O2S. The van der Waals surface area contributed by atoms with Gasteiger partial charge in [-0.1, -0.05) is 23.9 Å². The first kappa shape index (κ1) is 15.2. The van der Waals surface area contributed by atoms with Crippen molar-refractivity contribution in [1.29, 1.82) is 0 Å². The van der Waals surface area contributed by atoms with Crippen molar-refractivity contribution in [2.24, 2.45) is 0 Å². The molecule has 1 fully saturated rings. The molecule has 0 aliphatic carbocycles.